The zero-order valence-corrected chi connectivity index (χ0v) is 12.0. The third-order valence-corrected chi connectivity index (χ3v) is 4.52. The molecule has 0 radical (unpaired) electrons. The SMILES string of the molecule is C=CC[C@]12C(=Cc3ncccc31)CCC[C@H]2OCOC. The molecule has 20 heavy (non-hydrogen) atoms. The molecule has 1 aromatic rings. The van der Waals surface area contributed by atoms with Crippen LogP contribution in [-0.4, -0.2) is 25.0 Å². The summed E-state index contributed by atoms with van der Waals surface area (Å²) in [5.74, 6) is 0. The van der Waals surface area contributed by atoms with E-state index in [0.717, 1.165) is 31.4 Å². The van der Waals surface area contributed by atoms with Gasteiger partial charge in [-0.25, -0.2) is 0 Å². The monoisotopic (exact) mass is 271 g/mol. The Kier molecular flexibility index (Phi) is 3.72. The van der Waals surface area contributed by atoms with Gasteiger partial charge in [0.1, 0.15) is 6.79 Å². The van der Waals surface area contributed by atoms with Crippen molar-refractivity contribution in [2.75, 3.05) is 13.9 Å². The fourth-order valence-electron chi connectivity index (χ4n) is 3.75. The first-order chi connectivity index (χ1) is 9.82. The topological polar surface area (TPSA) is 31.4 Å². The van der Waals surface area contributed by atoms with Gasteiger partial charge in [0.2, 0.25) is 0 Å². The molecule has 3 nitrogen and oxygen atoms in total. The number of ether oxygens (including phenoxy) is 2. The van der Waals surface area contributed by atoms with Gasteiger partial charge in [-0.1, -0.05) is 17.7 Å². The molecule has 1 heterocycles. The summed E-state index contributed by atoms with van der Waals surface area (Å²) in [6.45, 7) is 4.30. The molecular weight excluding hydrogens is 250 g/mol. The Morgan fingerprint density at radius 1 is 1.55 bits per heavy atom. The second kappa shape index (κ2) is 5.51. The quantitative estimate of drug-likeness (QED) is 0.607. The average Bonchev–Trinajstić information content (AvgIpc) is 2.80. The van der Waals surface area contributed by atoms with Crippen molar-refractivity contribution in [2.45, 2.75) is 37.2 Å². The van der Waals surface area contributed by atoms with E-state index in [2.05, 4.69) is 23.7 Å². The second-order valence-corrected chi connectivity index (χ2v) is 5.52. The molecular formula is C17H21NO2. The second-order valence-electron chi connectivity index (χ2n) is 5.52. The third-order valence-electron chi connectivity index (χ3n) is 4.52. The molecule has 1 saturated carbocycles. The van der Waals surface area contributed by atoms with Crippen molar-refractivity contribution in [3.63, 3.8) is 0 Å². The zero-order valence-electron chi connectivity index (χ0n) is 12.0. The largest absolute Gasteiger partial charge is 0.359 e. The van der Waals surface area contributed by atoms with Crippen molar-refractivity contribution in [3.05, 3.63) is 47.8 Å². The van der Waals surface area contributed by atoms with Crippen LogP contribution in [0.4, 0.5) is 0 Å². The highest BCUT2D eigenvalue weighted by Crippen LogP contribution is 2.52. The Labute approximate surface area is 120 Å². The van der Waals surface area contributed by atoms with E-state index in [0.29, 0.717) is 6.79 Å². The normalized spacial score (nSPS) is 27.6. The van der Waals surface area contributed by atoms with E-state index in [1.807, 2.05) is 18.3 Å². The minimum atomic E-state index is -0.0812. The summed E-state index contributed by atoms with van der Waals surface area (Å²) in [5.41, 5.74) is 3.74. The number of methoxy groups -OCH3 is 1. The van der Waals surface area contributed by atoms with E-state index >= 15 is 0 Å². The molecule has 0 spiro atoms. The average molecular weight is 271 g/mol. The zero-order chi connectivity index (χ0) is 14.0. The van der Waals surface area contributed by atoms with Crippen LogP contribution in [0.25, 0.3) is 6.08 Å². The van der Waals surface area contributed by atoms with Gasteiger partial charge < -0.3 is 9.47 Å². The molecule has 3 rings (SSSR count). The number of nitrogens with zero attached hydrogens (tertiary/aromatic N) is 1. The summed E-state index contributed by atoms with van der Waals surface area (Å²) >= 11 is 0. The fraction of sp³-hybridized carbons (Fsp3) is 0.471. The highest BCUT2D eigenvalue weighted by Gasteiger charge is 2.49. The smallest absolute Gasteiger partial charge is 0.146 e. The van der Waals surface area contributed by atoms with Gasteiger partial charge in [-0.2, -0.15) is 0 Å². The number of pyridine rings is 1. The maximum absolute atomic E-state index is 6.02. The molecule has 0 N–H and O–H groups in total. The number of hydrogen-bond acceptors (Lipinski definition) is 3. The standard InChI is InChI=1S/C17H21NO2/c1-3-9-17-13(6-4-8-16(17)20-12-19-2)11-15-14(17)7-5-10-18-15/h3,5,7,10-11,16H,1,4,6,8-9,12H2,2H3/t16-,17+/m1/s1. The lowest BCUT2D eigenvalue weighted by molar-refractivity contribution is -0.101. The van der Waals surface area contributed by atoms with Crippen LogP contribution >= 0.6 is 0 Å². The van der Waals surface area contributed by atoms with Crippen molar-refractivity contribution in [1.29, 1.82) is 0 Å². The highest BCUT2D eigenvalue weighted by molar-refractivity contribution is 5.68. The molecule has 0 saturated heterocycles. The lowest BCUT2D eigenvalue weighted by Crippen LogP contribution is -2.44. The molecule has 0 unspecified atom stereocenters. The maximum Gasteiger partial charge on any atom is 0.146 e. The first-order valence-corrected chi connectivity index (χ1v) is 7.21. The van der Waals surface area contributed by atoms with Crippen LogP contribution in [0, 0.1) is 0 Å². The number of allylic oxidation sites excluding steroid dienone is 1. The Morgan fingerprint density at radius 3 is 3.25 bits per heavy atom. The summed E-state index contributed by atoms with van der Waals surface area (Å²) in [6.07, 6.45) is 10.5. The number of aromatic nitrogens is 1. The molecule has 1 aromatic heterocycles. The van der Waals surface area contributed by atoms with Crippen molar-refractivity contribution >= 4 is 6.08 Å². The Balaban J connectivity index is 2.06. The maximum atomic E-state index is 6.02. The predicted octanol–water partition coefficient (Wildman–Crippen LogP) is 3.47. The van der Waals surface area contributed by atoms with E-state index in [1.165, 1.54) is 11.1 Å². The molecule has 0 aromatic carbocycles. The summed E-state index contributed by atoms with van der Waals surface area (Å²) in [4.78, 5) is 4.53. The van der Waals surface area contributed by atoms with E-state index in [1.54, 1.807) is 7.11 Å². The molecule has 0 aliphatic heterocycles. The van der Waals surface area contributed by atoms with Crippen LogP contribution < -0.4 is 0 Å². The molecule has 106 valence electrons. The van der Waals surface area contributed by atoms with E-state index in [4.69, 9.17) is 9.47 Å². The molecule has 1 fully saturated rings. The summed E-state index contributed by atoms with van der Waals surface area (Å²) < 4.78 is 11.1. The van der Waals surface area contributed by atoms with Crippen LogP contribution in [0.2, 0.25) is 0 Å². The van der Waals surface area contributed by atoms with Crippen molar-refractivity contribution in [2.24, 2.45) is 0 Å². The van der Waals surface area contributed by atoms with Gasteiger partial charge in [-0.05, 0) is 43.4 Å². The van der Waals surface area contributed by atoms with Gasteiger partial charge in [0.25, 0.3) is 0 Å². The van der Waals surface area contributed by atoms with Gasteiger partial charge in [0, 0.05) is 18.7 Å². The van der Waals surface area contributed by atoms with Gasteiger partial charge in [-0.15, -0.1) is 6.58 Å². The van der Waals surface area contributed by atoms with Crippen molar-refractivity contribution < 1.29 is 9.47 Å². The molecule has 2 atom stereocenters. The van der Waals surface area contributed by atoms with Gasteiger partial charge in [-0.3, -0.25) is 4.98 Å². The van der Waals surface area contributed by atoms with Crippen LogP contribution in [0.3, 0.4) is 0 Å². The summed E-state index contributed by atoms with van der Waals surface area (Å²) in [7, 11) is 1.67. The minimum absolute atomic E-state index is 0.0812. The van der Waals surface area contributed by atoms with Gasteiger partial charge in [0.05, 0.1) is 11.8 Å². The lowest BCUT2D eigenvalue weighted by Gasteiger charge is -2.43. The molecule has 3 heteroatoms. The number of hydrogen-bond donors (Lipinski definition) is 0. The van der Waals surface area contributed by atoms with Crippen molar-refractivity contribution in [1.82, 2.24) is 4.98 Å². The first-order valence-electron chi connectivity index (χ1n) is 7.21. The van der Waals surface area contributed by atoms with Gasteiger partial charge in [0.15, 0.2) is 0 Å². The van der Waals surface area contributed by atoms with Gasteiger partial charge >= 0.3 is 0 Å². The van der Waals surface area contributed by atoms with Crippen LogP contribution in [0.1, 0.15) is 36.9 Å². The molecule has 2 aliphatic carbocycles. The van der Waals surface area contributed by atoms with E-state index in [9.17, 15) is 0 Å². The Bertz CT molecular complexity index is 538. The Morgan fingerprint density at radius 2 is 2.45 bits per heavy atom. The van der Waals surface area contributed by atoms with Crippen LogP contribution in [0.5, 0.6) is 0 Å². The summed E-state index contributed by atoms with van der Waals surface area (Å²) in [6, 6.07) is 4.20. The molecule has 0 amide bonds. The predicted molar refractivity (Wildman–Crippen MR) is 79.3 cm³/mol. The number of rotatable bonds is 5. The van der Waals surface area contributed by atoms with Crippen LogP contribution in [-0.2, 0) is 14.9 Å². The van der Waals surface area contributed by atoms with E-state index in [-0.39, 0.29) is 11.5 Å². The highest BCUT2D eigenvalue weighted by atomic mass is 16.7. The fourth-order valence-corrected chi connectivity index (χ4v) is 3.75. The number of fused-ring (bicyclic) bond motifs is 3. The molecule has 2 aliphatic rings. The lowest BCUT2D eigenvalue weighted by atomic mass is 9.65. The minimum Gasteiger partial charge on any atom is -0.359 e. The van der Waals surface area contributed by atoms with E-state index < -0.39 is 0 Å². The van der Waals surface area contributed by atoms with Crippen molar-refractivity contribution in [3.8, 4) is 0 Å². The van der Waals surface area contributed by atoms with Crippen LogP contribution in [0.15, 0.2) is 36.6 Å². The summed E-state index contributed by atoms with van der Waals surface area (Å²) in [5, 5.41) is 0. The molecule has 0 bridgehead atoms. The first kappa shape index (κ1) is 13.5. The third kappa shape index (κ3) is 1.93. The Hall–Kier alpha value is -1.45.